The minimum absolute atomic E-state index is 0.105. The van der Waals surface area contributed by atoms with Gasteiger partial charge in [0.1, 0.15) is 0 Å². The third-order valence-corrected chi connectivity index (χ3v) is 4.07. The van der Waals surface area contributed by atoms with E-state index in [1.165, 1.54) is 0 Å². The molecule has 76 valence electrons. The summed E-state index contributed by atoms with van der Waals surface area (Å²) in [6, 6.07) is 6.87. The van der Waals surface area contributed by atoms with Gasteiger partial charge in [-0.3, -0.25) is 0 Å². The number of nitrogens with zero attached hydrogens (tertiary/aromatic N) is 3. The quantitative estimate of drug-likeness (QED) is 0.684. The summed E-state index contributed by atoms with van der Waals surface area (Å²) in [5.74, 6) is 1.36. The highest BCUT2D eigenvalue weighted by Crippen LogP contribution is 2.56. The van der Waals surface area contributed by atoms with Crippen LogP contribution in [0, 0.1) is 63.6 Å². The largest absolute Gasteiger partial charge is 0.198 e. The van der Waals surface area contributed by atoms with Crippen molar-refractivity contribution in [3.05, 3.63) is 0 Å². The second-order valence-corrected chi connectivity index (χ2v) is 4.65. The molecule has 0 aromatic heterocycles. The van der Waals surface area contributed by atoms with Crippen molar-refractivity contribution in [1.29, 1.82) is 15.8 Å². The molecule has 2 aliphatic carbocycles. The van der Waals surface area contributed by atoms with Gasteiger partial charge in [0.25, 0.3) is 0 Å². The van der Waals surface area contributed by atoms with Gasteiger partial charge >= 0.3 is 0 Å². The van der Waals surface area contributed by atoms with E-state index in [2.05, 4.69) is 18.2 Å². The molecule has 0 heterocycles. The lowest BCUT2D eigenvalue weighted by Gasteiger charge is -2.28. The average Bonchev–Trinajstić information content (AvgIpc) is 2.82. The highest BCUT2D eigenvalue weighted by molar-refractivity contribution is 5.12. The summed E-state index contributed by atoms with van der Waals surface area (Å²) < 4.78 is 0. The predicted molar refractivity (Wildman–Crippen MR) is 52.8 cm³/mol. The number of hydrogen-bond acceptors (Lipinski definition) is 3. The predicted octanol–water partition coefficient (Wildman–Crippen LogP) is 2.23. The fraction of sp³-hybridized carbons (Fsp3) is 0.750. The molecule has 2 aliphatic rings. The van der Waals surface area contributed by atoms with E-state index >= 15 is 0 Å². The molecule has 0 aromatic carbocycles. The lowest BCUT2D eigenvalue weighted by Crippen LogP contribution is -2.26. The van der Waals surface area contributed by atoms with Crippen molar-refractivity contribution in [2.75, 3.05) is 0 Å². The first-order valence-corrected chi connectivity index (χ1v) is 5.48. The van der Waals surface area contributed by atoms with Gasteiger partial charge in [0, 0.05) is 12.3 Å². The maximum absolute atomic E-state index is 9.10. The second-order valence-electron chi connectivity index (χ2n) is 4.65. The Labute approximate surface area is 89.9 Å². The number of hydrogen-bond donors (Lipinski definition) is 0. The molecule has 0 saturated heterocycles. The second kappa shape index (κ2) is 3.92. The zero-order valence-corrected chi connectivity index (χ0v) is 8.56. The smallest absolute Gasteiger partial charge is 0.0661 e. The van der Waals surface area contributed by atoms with Crippen LogP contribution in [0.1, 0.15) is 25.7 Å². The topological polar surface area (TPSA) is 71.4 Å². The summed E-state index contributed by atoms with van der Waals surface area (Å²) in [7, 11) is 0. The van der Waals surface area contributed by atoms with Crippen LogP contribution in [-0.2, 0) is 0 Å². The van der Waals surface area contributed by atoms with Gasteiger partial charge in [-0.2, -0.15) is 15.8 Å². The Morgan fingerprint density at radius 3 is 2.47 bits per heavy atom. The molecule has 2 bridgehead atoms. The third kappa shape index (κ3) is 1.47. The Hall–Kier alpha value is -1.53. The average molecular weight is 199 g/mol. The first kappa shape index (κ1) is 10.0. The molecule has 0 radical (unpaired) electrons. The van der Waals surface area contributed by atoms with Gasteiger partial charge in [0.05, 0.1) is 24.1 Å². The monoisotopic (exact) mass is 199 g/mol. The zero-order chi connectivity index (χ0) is 10.8. The van der Waals surface area contributed by atoms with Crippen molar-refractivity contribution < 1.29 is 0 Å². The van der Waals surface area contributed by atoms with Gasteiger partial charge in [-0.15, -0.1) is 0 Å². The SMILES string of the molecule is N#CCCC1C(C#N)C2CC(C#N)C1C2. The Balaban J connectivity index is 2.11. The van der Waals surface area contributed by atoms with Crippen LogP contribution in [0.5, 0.6) is 0 Å². The first-order chi connectivity index (χ1) is 7.31. The molecule has 0 spiro atoms. The molecule has 3 nitrogen and oxygen atoms in total. The molecule has 0 N–H and O–H groups in total. The van der Waals surface area contributed by atoms with Crippen molar-refractivity contribution in [3.63, 3.8) is 0 Å². The lowest BCUT2D eigenvalue weighted by molar-refractivity contribution is 0.220. The molecular formula is C12H13N3. The van der Waals surface area contributed by atoms with Crippen molar-refractivity contribution in [2.45, 2.75) is 25.7 Å². The fourth-order valence-electron chi connectivity index (χ4n) is 3.47. The van der Waals surface area contributed by atoms with Gasteiger partial charge in [-0.25, -0.2) is 0 Å². The van der Waals surface area contributed by atoms with Crippen LogP contribution in [0.2, 0.25) is 0 Å². The molecule has 3 heteroatoms. The molecule has 2 fully saturated rings. The Kier molecular flexibility index (Phi) is 2.61. The maximum Gasteiger partial charge on any atom is 0.0661 e. The standard InChI is InChI=1S/C12H13N3/c13-3-1-2-10-11-5-8(12(10)7-15)4-9(11)6-14/h8-12H,1-2,4-5H2. The number of nitriles is 3. The molecule has 5 atom stereocenters. The first-order valence-electron chi connectivity index (χ1n) is 5.48. The van der Waals surface area contributed by atoms with Crippen molar-refractivity contribution in [3.8, 4) is 18.2 Å². The summed E-state index contributed by atoms with van der Waals surface area (Å²) in [4.78, 5) is 0. The summed E-state index contributed by atoms with van der Waals surface area (Å²) >= 11 is 0. The summed E-state index contributed by atoms with van der Waals surface area (Å²) in [6.07, 6.45) is 3.26. The van der Waals surface area contributed by atoms with E-state index < -0.39 is 0 Å². The van der Waals surface area contributed by atoms with Gasteiger partial charge in [-0.05, 0) is 37.0 Å². The Morgan fingerprint density at radius 1 is 1.07 bits per heavy atom. The Morgan fingerprint density at radius 2 is 1.87 bits per heavy atom. The number of fused-ring (bicyclic) bond motifs is 2. The van der Waals surface area contributed by atoms with E-state index in [1.807, 2.05) is 0 Å². The fourth-order valence-corrected chi connectivity index (χ4v) is 3.47. The van der Waals surface area contributed by atoms with Crippen LogP contribution in [0.4, 0.5) is 0 Å². The molecule has 0 aromatic rings. The Bertz CT molecular complexity index is 368. The van der Waals surface area contributed by atoms with Gasteiger partial charge in [0.15, 0.2) is 0 Å². The lowest BCUT2D eigenvalue weighted by atomic mass is 9.73. The van der Waals surface area contributed by atoms with Gasteiger partial charge in [0.2, 0.25) is 0 Å². The molecule has 5 unspecified atom stereocenters. The van der Waals surface area contributed by atoms with E-state index in [1.54, 1.807) is 0 Å². The minimum atomic E-state index is 0.105. The third-order valence-electron chi connectivity index (χ3n) is 4.07. The van der Waals surface area contributed by atoms with Crippen LogP contribution < -0.4 is 0 Å². The van der Waals surface area contributed by atoms with E-state index in [9.17, 15) is 0 Å². The van der Waals surface area contributed by atoms with Crippen LogP contribution in [0.15, 0.2) is 0 Å². The molecule has 0 aliphatic heterocycles. The van der Waals surface area contributed by atoms with Crippen LogP contribution in [-0.4, -0.2) is 0 Å². The van der Waals surface area contributed by atoms with Crippen LogP contribution in [0.25, 0.3) is 0 Å². The molecule has 2 saturated carbocycles. The van der Waals surface area contributed by atoms with Crippen molar-refractivity contribution in [2.24, 2.45) is 29.6 Å². The van der Waals surface area contributed by atoms with Crippen molar-refractivity contribution >= 4 is 0 Å². The van der Waals surface area contributed by atoms with E-state index in [0.29, 0.717) is 24.2 Å². The maximum atomic E-state index is 9.10. The van der Waals surface area contributed by atoms with Crippen molar-refractivity contribution in [1.82, 2.24) is 0 Å². The highest BCUT2D eigenvalue weighted by atomic mass is 14.6. The molecule has 15 heavy (non-hydrogen) atoms. The molecule has 0 amide bonds. The summed E-state index contributed by atoms with van der Waals surface area (Å²) in [5, 5.41) is 26.7. The molecule has 2 rings (SSSR count). The molecular weight excluding hydrogens is 186 g/mol. The zero-order valence-electron chi connectivity index (χ0n) is 8.56. The van der Waals surface area contributed by atoms with E-state index in [4.69, 9.17) is 15.8 Å². The summed E-state index contributed by atoms with van der Waals surface area (Å²) in [5.41, 5.74) is 0. The van der Waals surface area contributed by atoms with Crippen LogP contribution in [0.3, 0.4) is 0 Å². The van der Waals surface area contributed by atoms with Gasteiger partial charge in [-0.1, -0.05) is 0 Å². The van der Waals surface area contributed by atoms with E-state index in [-0.39, 0.29) is 11.8 Å². The van der Waals surface area contributed by atoms with Gasteiger partial charge < -0.3 is 0 Å². The summed E-state index contributed by atoms with van der Waals surface area (Å²) in [6.45, 7) is 0. The highest BCUT2D eigenvalue weighted by Gasteiger charge is 2.52. The minimum Gasteiger partial charge on any atom is -0.198 e. The normalized spacial score (nSPS) is 41.8. The van der Waals surface area contributed by atoms with E-state index in [0.717, 1.165) is 19.3 Å². The van der Waals surface area contributed by atoms with Crippen LogP contribution >= 0.6 is 0 Å². The number of rotatable bonds is 2.